The summed E-state index contributed by atoms with van der Waals surface area (Å²) < 4.78 is 11.1. The molecule has 0 radical (unpaired) electrons. The SMILES string of the molecule is CCOC(CCN1CCCSCC1)OCC. The number of rotatable bonds is 7. The molecule has 0 amide bonds. The minimum absolute atomic E-state index is 0.00842. The van der Waals surface area contributed by atoms with Crippen LogP contribution in [-0.2, 0) is 9.47 Å². The maximum Gasteiger partial charge on any atom is 0.158 e. The summed E-state index contributed by atoms with van der Waals surface area (Å²) >= 11 is 2.07. The molecule has 96 valence electrons. The van der Waals surface area contributed by atoms with Crippen LogP contribution in [0.15, 0.2) is 0 Å². The zero-order valence-electron chi connectivity index (χ0n) is 10.6. The Kier molecular flexibility index (Phi) is 8.29. The van der Waals surface area contributed by atoms with Gasteiger partial charge in [-0.15, -0.1) is 0 Å². The topological polar surface area (TPSA) is 21.7 Å². The van der Waals surface area contributed by atoms with Gasteiger partial charge in [-0.05, 0) is 32.6 Å². The highest BCUT2D eigenvalue weighted by atomic mass is 32.2. The van der Waals surface area contributed by atoms with Crippen LogP contribution in [-0.4, -0.2) is 55.5 Å². The summed E-state index contributed by atoms with van der Waals surface area (Å²) in [7, 11) is 0. The Labute approximate surface area is 104 Å². The minimum Gasteiger partial charge on any atom is -0.353 e. The molecule has 1 rings (SSSR count). The van der Waals surface area contributed by atoms with Crippen molar-refractivity contribution in [1.29, 1.82) is 0 Å². The van der Waals surface area contributed by atoms with E-state index in [9.17, 15) is 0 Å². The lowest BCUT2D eigenvalue weighted by Gasteiger charge is -2.23. The molecule has 0 saturated carbocycles. The van der Waals surface area contributed by atoms with Gasteiger partial charge in [0, 0.05) is 38.5 Å². The van der Waals surface area contributed by atoms with Crippen LogP contribution in [0.3, 0.4) is 0 Å². The van der Waals surface area contributed by atoms with Crippen LogP contribution in [0, 0.1) is 0 Å². The third-order valence-corrected chi connectivity index (χ3v) is 3.75. The molecule has 0 N–H and O–H groups in total. The molecule has 1 aliphatic rings. The van der Waals surface area contributed by atoms with Gasteiger partial charge in [0.1, 0.15) is 0 Å². The van der Waals surface area contributed by atoms with Gasteiger partial charge in [-0.1, -0.05) is 0 Å². The summed E-state index contributed by atoms with van der Waals surface area (Å²) in [6.45, 7) is 9.07. The molecule has 1 saturated heterocycles. The van der Waals surface area contributed by atoms with Crippen molar-refractivity contribution in [2.45, 2.75) is 33.0 Å². The lowest BCUT2D eigenvalue weighted by molar-refractivity contribution is -0.141. The van der Waals surface area contributed by atoms with Crippen LogP contribution >= 0.6 is 11.8 Å². The molecule has 0 aromatic carbocycles. The Morgan fingerprint density at radius 1 is 1.12 bits per heavy atom. The first-order valence-electron chi connectivity index (χ1n) is 6.40. The summed E-state index contributed by atoms with van der Waals surface area (Å²) in [5, 5.41) is 0. The summed E-state index contributed by atoms with van der Waals surface area (Å²) in [6, 6.07) is 0. The monoisotopic (exact) mass is 247 g/mol. The molecule has 0 unspecified atom stereocenters. The lowest BCUT2D eigenvalue weighted by Crippen LogP contribution is -2.31. The molecule has 1 fully saturated rings. The number of hydrogen-bond acceptors (Lipinski definition) is 4. The first-order valence-corrected chi connectivity index (χ1v) is 7.55. The molecular weight excluding hydrogens is 222 g/mol. The average Bonchev–Trinajstić information content (AvgIpc) is 2.55. The maximum absolute atomic E-state index is 5.55. The molecule has 1 heterocycles. The molecule has 0 aromatic rings. The van der Waals surface area contributed by atoms with E-state index in [0.717, 1.165) is 26.2 Å². The number of hydrogen-bond donors (Lipinski definition) is 0. The second-order valence-corrected chi connectivity index (χ2v) is 5.16. The second kappa shape index (κ2) is 9.28. The molecule has 4 heteroatoms. The molecule has 16 heavy (non-hydrogen) atoms. The first kappa shape index (κ1) is 14.3. The van der Waals surface area contributed by atoms with Crippen molar-refractivity contribution in [1.82, 2.24) is 4.90 Å². The highest BCUT2D eigenvalue weighted by Gasteiger charge is 2.13. The van der Waals surface area contributed by atoms with Gasteiger partial charge in [-0.25, -0.2) is 0 Å². The van der Waals surface area contributed by atoms with Gasteiger partial charge in [0.05, 0.1) is 0 Å². The fraction of sp³-hybridized carbons (Fsp3) is 1.00. The third kappa shape index (κ3) is 6.09. The van der Waals surface area contributed by atoms with Gasteiger partial charge in [0.25, 0.3) is 0 Å². The Balaban J connectivity index is 2.18. The zero-order chi connectivity index (χ0) is 11.6. The van der Waals surface area contributed by atoms with Gasteiger partial charge in [-0.2, -0.15) is 11.8 Å². The first-order chi connectivity index (χ1) is 7.86. The largest absolute Gasteiger partial charge is 0.353 e. The zero-order valence-corrected chi connectivity index (χ0v) is 11.4. The Morgan fingerprint density at radius 2 is 1.88 bits per heavy atom. The van der Waals surface area contributed by atoms with Gasteiger partial charge < -0.3 is 14.4 Å². The van der Waals surface area contributed by atoms with Crippen LogP contribution in [0.5, 0.6) is 0 Å². The van der Waals surface area contributed by atoms with Crippen molar-refractivity contribution in [3.8, 4) is 0 Å². The maximum atomic E-state index is 5.55. The fourth-order valence-electron chi connectivity index (χ4n) is 1.90. The van der Waals surface area contributed by atoms with E-state index >= 15 is 0 Å². The molecule has 0 spiro atoms. The molecular formula is C12H25NO2S. The standard InChI is InChI=1S/C12H25NO2S/c1-3-14-12(15-4-2)6-8-13-7-5-10-16-11-9-13/h12H,3-11H2,1-2H3. The molecule has 1 aliphatic heterocycles. The van der Waals surface area contributed by atoms with Crippen LogP contribution in [0.25, 0.3) is 0 Å². The van der Waals surface area contributed by atoms with E-state index in [1.54, 1.807) is 0 Å². The van der Waals surface area contributed by atoms with Gasteiger partial charge in [0.2, 0.25) is 0 Å². The van der Waals surface area contributed by atoms with Crippen molar-refractivity contribution >= 4 is 11.8 Å². The highest BCUT2D eigenvalue weighted by Crippen LogP contribution is 2.11. The summed E-state index contributed by atoms with van der Waals surface area (Å²) in [5.41, 5.74) is 0. The number of ether oxygens (including phenoxy) is 2. The number of nitrogens with zero attached hydrogens (tertiary/aromatic N) is 1. The molecule has 3 nitrogen and oxygen atoms in total. The van der Waals surface area contributed by atoms with E-state index < -0.39 is 0 Å². The quantitative estimate of drug-likeness (QED) is 0.643. The van der Waals surface area contributed by atoms with Crippen molar-refractivity contribution < 1.29 is 9.47 Å². The van der Waals surface area contributed by atoms with Gasteiger partial charge >= 0.3 is 0 Å². The smallest absolute Gasteiger partial charge is 0.158 e. The Morgan fingerprint density at radius 3 is 2.56 bits per heavy atom. The summed E-state index contributed by atoms with van der Waals surface area (Å²) in [5.74, 6) is 2.59. The van der Waals surface area contributed by atoms with Crippen LogP contribution in [0.2, 0.25) is 0 Å². The number of thioether (sulfide) groups is 1. The molecule has 0 aromatic heterocycles. The van der Waals surface area contributed by atoms with Crippen molar-refractivity contribution in [3.63, 3.8) is 0 Å². The van der Waals surface area contributed by atoms with E-state index in [4.69, 9.17) is 9.47 Å². The van der Waals surface area contributed by atoms with E-state index in [1.807, 2.05) is 13.8 Å². The third-order valence-electron chi connectivity index (χ3n) is 2.70. The normalized spacial score (nSPS) is 18.9. The van der Waals surface area contributed by atoms with Crippen molar-refractivity contribution in [3.05, 3.63) is 0 Å². The van der Waals surface area contributed by atoms with Crippen molar-refractivity contribution in [2.24, 2.45) is 0 Å². The summed E-state index contributed by atoms with van der Waals surface area (Å²) in [6.07, 6.45) is 2.30. The Bertz CT molecular complexity index is 153. The second-order valence-electron chi connectivity index (χ2n) is 3.94. The van der Waals surface area contributed by atoms with Crippen LogP contribution in [0.4, 0.5) is 0 Å². The minimum atomic E-state index is -0.00842. The average molecular weight is 247 g/mol. The van der Waals surface area contributed by atoms with Gasteiger partial charge in [0.15, 0.2) is 6.29 Å². The Hall–Kier alpha value is 0.230. The predicted molar refractivity (Wildman–Crippen MR) is 70.0 cm³/mol. The van der Waals surface area contributed by atoms with Crippen LogP contribution < -0.4 is 0 Å². The van der Waals surface area contributed by atoms with E-state index in [1.165, 1.54) is 31.0 Å². The van der Waals surface area contributed by atoms with Crippen molar-refractivity contribution in [2.75, 3.05) is 44.4 Å². The van der Waals surface area contributed by atoms with E-state index in [-0.39, 0.29) is 6.29 Å². The highest BCUT2D eigenvalue weighted by molar-refractivity contribution is 7.99. The van der Waals surface area contributed by atoms with E-state index in [0.29, 0.717) is 0 Å². The summed E-state index contributed by atoms with van der Waals surface area (Å²) in [4.78, 5) is 2.53. The molecule has 0 aliphatic carbocycles. The molecule has 0 atom stereocenters. The van der Waals surface area contributed by atoms with Crippen LogP contribution in [0.1, 0.15) is 26.7 Å². The lowest BCUT2D eigenvalue weighted by atomic mass is 10.3. The fourth-order valence-corrected chi connectivity index (χ4v) is 2.82. The van der Waals surface area contributed by atoms with E-state index in [2.05, 4.69) is 16.7 Å². The molecule has 0 bridgehead atoms. The van der Waals surface area contributed by atoms with Gasteiger partial charge in [-0.3, -0.25) is 0 Å². The predicted octanol–water partition coefficient (Wildman–Crippen LogP) is 2.21.